The lowest BCUT2D eigenvalue weighted by molar-refractivity contribution is -0.134. The smallest absolute Gasteiger partial charge is 0.329 e. The van der Waals surface area contributed by atoms with Crippen LogP contribution >= 0.6 is 23.4 Å². The van der Waals surface area contributed by atoms with Crippen LogP contribution in [0.3, 0.4) is 0 Å². The summed E-state index contributed by atoms with van der Waals surface area (Å²) in [6.07, 6.45) is 10.9. The van der Waals surface area contributed by atoms with Crippen molar-refractivity contribution in [1.29, 1.82) is 0 Å². The zero-order chi connectivity index (χ0) is 22.5. The largest absolute Gasteiger partial charge is 0.425 e. The molecular weight excluding hydrogens is 424 g/mol. The van der Waals surface area contributed by atoms with Crippen LogP contribution in [0.25, 0.3) is 11.1 Å². The van der Waals surface area contributed by atoms with Crippen LogP contribution in [0.5, 0.6) is 5.75 Å². The zero-order valence-electron chi connectivity index (χ0n) is 19.2. The summed E-state index contributed by atoms with van der Waals surface area (Å²) < 4.78 is 5.37. The van der Waals surface area contributed by atoms with Gasteiger partial charge in [0.25, 0.3) is 0 Å². The Bertz CT molecular complexity index is 756. The number of benzene rings is 2. The van der Waals surface area contributed by atoms with E-state index < -0.39 is 11.3 Å². The summed E-state index contributed by atoms with van der Waals surface area (Å²) in [5.41, 5.74) is 2.26. The number of hydrogen-bond acceptors (Lipinski definition) is 3. The molecule has 0 amide bonds. The van der Waals surface area contributed by atoms with Crippen LogP contribution in [0.1, 0.15) is 72.1 Å². The molecule has 170 valence electrons. The van der Waals surface area contributed by atoms with E-state index in [1.54, 1.807) is 0 Å². The van der Waals surface area contributed by atoms with E-state index in [1.165, 1.54) is 62.0 Å². The molecule has 4 heteroatoms. The van der Waals surface area contributed by atoms with Crippen molar-refractivity contribution in [3.05, 3.63) is 48.5 Å². The maximum absolute atomic E-state index is 12.0. The summed E-state index contributed by atoms with van der Waals surface area (Å²) in [6, 6.07) is 16.3. The van der Waals surface area contributed by atoms with Crippen LogP contribution in [0.2, 0.25) is 0 Å². The predicted octanol–water partition coefficient (Wildman–Crippen LogP) is 8.76. The first-order chi connectivity index (χ1) is 15.0. The molecule has 0 aliphatic heterocycles. The van der Waals surface area contributed by atoms with Crippen LogP contribution in [-0.2, 0) is 4.79 Å². The fourth-order valence-corrected chi connectivity index (χ4v) is 4.29. The van der Waals surface area contributed by atoms with Crippen LogP contribution in [0, 0.1) is 5.92 Å². The van der Waals surface area contributed by atoms with Crippen molar-refractivity contribution in [1.82, 2.24) is 0 Å². The van der Waals surface area contributed by atoms with Crippen molar-refractivity contribution < 1.29 is 9.53 Å². The van der Waals surface area contributed by atoms with E-state index in [0.717, 1.165) is 11.1 Å². The van der Waals surface area contributed by atoms with Crippen molar-refractivity contribution in [2.45, 2.75) is 82.4 Å². The molecule has 2 aromatic carbocycles. The molecule has 31 heavy (non-hydrogen) atoms. The first-order valence-electron chi connectivity index (χ1n) is 11.7. The number of unbranched alkanes of at least 4 members (excludes halogenated alkanes) is 7. The molecule has 0 bridgehead atoms. The topological polar surface area (TPSA) is 26.3 Å². The Morgan fingerprint density at radius 3 is 1.90 bits per heavy atom. The van der Waals surface area contributed by atoms with Gasteiger partial charge in [-0.1, -0.05) is 90.0 Å². The lowest BCUT2D eigenvalue weighted by atomic mass is 10.1. The van der Waals surface area contributed by atoms with Gasteiger partial charge in [-0.15, -0.1) is 23.4 Å². The van der Waals surface area contributed by atoms with E-state index in [4.69, 9.17) is 16.3 Å². The van der Waals surface area contributed by atoms with Crippen LogP contribution in [0.4, 0.5) is 0 Å². The third-order valence-electron chi connectivity index (χ3n) is 5.34. The summed E-state index contributed by atoms with van der Waals surface area (Å²) in [5, 5.41) is -0.629. The lowest BCUT2D eigenvalue weighted by Crippen LogP contribution is -2.25. The van der Waals surface area contributed by atoms with E-state index in [-0.39, 0.29) is 5.92 Å². The summed E-state index contributed by atoms with van der Waals surface area (Å²) in [5.74, 6) is 1.35. The number of rotatable bonds is 14. The fraction of sp³-hybridized carbons (Fsp3) is 0.519. The van der Waals surface area contributed by atoms with Gasteiger partial charge in [0.05, 0.1) is 0 Å². The van der Waals surface area contributed by atoms with E-state index in [0.29, 0.717) is 5.75 Å². The van der Waals surface area contributed by atoms with Crippen molar-refractivity contribution in [3.8, 4) is 16.9 Å². The predicted molar refractivity (Wildman–Crippen MR) is 135 cm³/mol. The minimum Gasteiger partial charge on any atom is -0.425 e. The first kappa shape index (κ1) is 25.8. The second-order valence-electron chi connectivity index (χ2n) is 8.44. The van der Waals surface area contributed by atoms with Gasteiger partial charge in [-0.25, -0.2) is 0 Å². The van der Waals surface area contributed by atoms with Gasteiger partial charge in [-0.05, 0) is 53.5 Å². The molecule has 0 aliphatic rings. The van der Waals surface area contributed by atoms with E-state index in [1.807, 2.05) is 49.9 Å². The Balaban J connectivity index is 1.73. The highest BCUT2D eigenvalue weighted by atomic mass is 35.5. The molecule has 1 unspecified atom stereocenters. The number of ether oxygens (including phenoxy) is 1. The van der Waals surface area contributed by atoms with E-state index >= 15 is 0 Å². The van der Waals surface area contributed by atoms with Crippen molar-refractivity contribution in [3.63, 3.8) is 0 Å². The first-order valence-corrected chi connectivity index (χ1v) is 13.1. The summed E-state index contributed by atoms with van der Waals surface area (Å²) in [6.45, 7) is 6.07. The second kappa shape index (κ2) is 14.6. The summed E-state index contributed by atoms with van der Waals surface area (Å²) in [7, 11) is 0. The van der Waals surface area contributed by atoms with Gasteiger partial charge in [0.2, 0.25) is 0 Å². The molecule has 1 atom stereocenters. The Labute approximate surface area is 198 Å². The normalized spacial score (nSPS) is 12.2. The minimum absolute atomic E-state index is 0.0420. The highest BCUT2D eigenvalue weighted by molar-refractivity contribution is 7.99. The average Bonchev–Trinajstić information content (AvgIpc) is 2.78. The number of carbonyl (C=O) groups is 1. The van der Waals surface area contributed by atoms with Gasteiger partial charge in [-0.2, -0.15) is 0 Å². The third-order valence-corrected chi connectivity index (χ3v) is 7.12. The molecule has 0 saturated heterocycles. The number of hydrogen-bond donors (Lipinski definition) is 0. The Morgan fingerprint density at radius 2 is 1.35 bits per heavy atom. The van der Waals surface area contributed by atoms with Gasteiger partial charge >= 0.3 is 5.97 Å². The van der Waals surface area contributed by atoms with Gasteiger partial charge in [-0.3, -0.25) is 4.79 Å². The molecule has 0 fully saturated rings. The Morgan fingerprint density at radius 1 is 0.839 bits per heavy atom. The zero-order valence-corrected chi connectivity index (χ0v) is 20.8. The fourth-order valence-electron chi connectivity index (χ4n) is 3.33. The van der Waals surface area contributed by atoms with Gasteiger partial charge in [0.1, 0.15) is 11.1 Å². The SMILES string of the molecule is CCCCCCCCCCSc1ccc(-c2ccc(OC(=O)C(Cl)C(C)C)cc2)cc1. The highest BCUT2D eigenvalue weighted by Gasteiger charge is 2.21. The molecule has 0 heterocycles. The van der Waals surface area contributed by atoms with Crippen molar-refractivity contribution in [2.24, 2.45) is 5.92 Å². The Kier molecular flexibility index (Phi) is 12.1. The third kappa shape index (κ3) is 9.70. The molecule has 0 aromatic heterocycles. The molecule has 0 spiro atoms. The molecule has 0 saturated carbocycles. The summed E-state index contributed by atoms with van der Waals surface area (Å²) in [4.78, 5) is 13.3. The number of thioether (sulfide) groups is 1. The highest BCUT2D eigenvalue weighted by Crippen LogP contribution is 2.27. The molecule has 2 aromatic rings. The maximum Gasteiger partial charge on any atom is 0.329 e. The van der Waals surface area contributed by atoms with Gasteiger partial charge in [0, 0.05) is 4.90 Å². The van der Waals surface area contributed by atoms with Gasteiger partial charge in [0.15, 0.2) is 0 Å². The lowest BCUT2D eigenvalue weighted by Gasteiger charge is -2.12. The summed E-state index contributed by atoms with van der Waals surface area (Å²) >= 11 is 8.01. The monoisotopic (exact) mass is 460 g/mol. The molecular formula is C27H37ClO2S. The maximum atomic E-state index is 12.0. The quantitative estimate of drug-likeness (QED) is 0.0925. The molecule has 0 aliphatic carbocycles. The van der Waals surface area contributed by atoms with E-state index in [9.17, 15) is 4.79 Å². The molecule has 2 nitrogen and oxygen atoms in total. The molecule has 0 N–H and O–H groups in total. The molecule has 0 radical (unpaired) electrons. The standard InChI is InChI=1S/C27H37ClO2S/c1-4-5-6-7-8-9-10-11-20-31-25-18-14-23(15-19-25)22-12-16-24(17-13-22)30-27(29)26(28)21(2)3/h12-19,21,26H,4-11,20H2,1-3H3. The van der Waals surface area contributed by atoms with Crippen molar-refractivity contribution >= 4 is 29.3 Å². The van der Waals surface area contributed by atoms with Crippen molar-refractivity contribution in [2.75, 3.05) is 5.75 Å². The number of carbonyl (C=O) groups excluding carboxylic acids is 1. The number of halogens is 1. The second-order valence-corrected chi connectivity index (χ2v) is 10.1. The van der Waals surface area contributed by atoms with E-state index in [2.05, 4.69) is 31.2 Å². The van der Waals surface area contributed by atoms with Gasteiger partial charge < -0.3 is 4.74 Å². The average molecular weight is 461 g/mol. The Hall–Kier alpha value is -1.45. The van der Waals surface area contributed by atoms with Crippen LogP contribution < -0.4 is 4.74 Å². The molecule has 2 rings (SSSR count). The number of alkyl halides is 1. The minimum atomic E-state index is -0.629. The number of esters is 1. The van der Waals surface area contributed by atoms with Crippen LogP contribution in [-0.4, -0.2) is 17.1 Å². The van der Waals surface area contributed by atoms with Crippen LogP contribution in [0.15, 0.2) is 53.4 Å².